The third-order valence-corrected chi connectivity index (χ3v) is 2.59. The van der Waals surface area contributed by atoms with Crippen LogP contribution >= 0.6 is 0 Å². The van der Waals surface area contributed by atoms with Crippen molar-refractivity contribution in [3.8, 4) is 5.75 Å². The summed E-state index contributed by atoms with van der Waals surface area (Å²) in [6, 6.07) is 4.70. The van der Waals surface area contributed by atoms with Crippen LogP contribution in [0.3, 0.4) is 0 Å². The first kappa shape index (κ1) is 12.9. The van der Waals surface area contributed by atoms with Gasteiger partial charge in [-0.05, 0) is 38.6 Å². The number of benzene rings is 1. The molecule has 0 aliphatic rings. The Morgan fingerprint density at radius 1 is 1.50 bits per heavy atom. The van der Waals surface area contributed by atoms with E-state index in [1.54, 1.807) is 26.1 Å². The Bertz CT molecular complexity index is 351. The Hall–Kier alpha value is -1.13. The highest BCUT2D eigenvalue weighted by molar-refractivity contribution is 5.29. The van der Waals surface area contributed by atoms with Gasteiger partial charge >= 0.3 is 0 Å². The number of hydrogen-bond acceptors (Lipinski definition) is 3. The Morgan fingerprint density at radius 2 is 2.19 bits per heavy atom. The minimum absolute atomic E-state index is 0.0725. The smallest absolute Gasteiger partial charge is 0.165 e. The normalized spacial score (nSPS) is 14.6. The molecular formula is C12H18FNO2. The van der Waals surface area contributed by atoms with Crippen molar-refractivity contribution in [2.45, 2.75) is 19.4 Å². The number of rotatable bonds is 5. The van der Waals surface area contributed by atoms with Gasteiger partial charge < -0.3 is 15.2 Å². The summed E-state index contributed by atoms with van der Waals surface area (Å²) in [5, 5.41) is 12.1. The topological polar surface area (TPSA) is 41.5 Å². The summed E-state index contributed by atoms with van der Waals surface area (Å²) in [5.74, 6) is -0.170. The lowest BCUT2D eigenvalue weighted by Crippen LogP contribution is -2.48. The van der Waals surface area contributed by atoms with E-state index in [4.69, 9.17) is 9.84 Å². The molecule has 0 amide bonds. The molecule has 16 heavy (non-hydrogen) atoms. The van der Waals surface area contributed by atoms with Gasteiger partial charge in [-0.25, -0.2) is 4.39 Å². The van der Waals surface area contributed by atoms with Crippen molar-refractivity contribution in [1.29, 1.82) is 0 Å². The van der Waals surface area contributed by atoms with Gasteiger partial charge in [0.05, 0.1) is 12.1 Å². The van der Waals surface area contributed by atoms with E-state index in [1.165, 1.54) is 6.07 Å². The SMILES string of the molecule is CNC(C)(CO)COc1cc(C)ccc1F. The molecule has 0 heterocycles. The zero-order chi connectivity index (χ0) is 12.2. The monoisotopic (exact) mass is 227 g/mol. The average molecular weight is 227 g/mol. The van der Waals surface area contributed by atoms with E-state index in [0.717, 1.165) is 5.56 Å². The highest BCUT2D eigenvalue weighted by Gasteiger charge is 2.22. The van der Waals surface area contributed by atoms with Gasteiger partial charge in [0.2, 0.25) is 0 Å². The van der Waals surface area contributed by atoms with Crippen LogP contribution in [0.4, 0.5) is 4.39 Å². The van der Waals surface area contributed by atoms with Crippen LogP contribution < -0.4 is 10.1 Å². The van der Waals surface area contributed by atoms with E-state index in [9.17, 15) is 4.39 Å². The van der Waals surface area contributed by atoms with Gasteiger partial charge in [-0.1, -0.05) is 6.07 Å². The Labute approximate surface area is 95.2 Å². The Morgan fingerprint density at radius 3 is 2.75 bits per heavy atom. The summed E-state index contributed by atoms with van der Waals surface area (Å²) in [6.45, 7) is 3.81. The van der Waals surface area contributed by atoms with E-state index in [0.29, 0.717) is 0 Å². The maximum Gasteiger partial charge on any atom is 0.165 e. The fourth-order valence-electron chi connectivity index (χ4n) is 1.16. The first-order chi connectivity index (χ1) is 7.50. The quantitative estimate of drug-likeness (QED) is 0.800. The van der Waals surface area contributed by atoms with E-state index in [2.05, 4.69) is 5.32 Å². The first-order valence-electron chi connectivity index (χ1n) is 5.19. The summed E-state index contributed by atoms with van der Waals surface area (Å²) in [7, 11) is 1.73. The van der Waals surface area contributed by atoms with E-state index in [-0.39, 0.29) is 24.8 Å². The van der Waals surface area contributed by atoms with E-state index < -0.39 is 5.54 Å². The predicted molar refractivity (Wildman–Crippen MR) is 61.2 cm³/mol. The van der Waals surface area contributed by atoms with Crippen LogP contribution in [0, 0.1) is 12.7 Å². The summed E-state index contributed by atoms with van der Waals surface area (Å²) in [6.07, 6.45) is 0. The molecule has 1 atom stereocenters. The molecule has 0 aromatic heterocycles. The van der Waals surface area contributed by atoms with Crippen LogP contribution in [-0.4, -0.2) is 30.9 Å². The molecular weight excluding hydrogens is 209 g/mol. The molecule has 90 valence electrons. The van der Waals surface area contributed by atoms with Gasteiger partial charge in [-0.15, -0.1) is 0 Å². The van der Waals surface area contributed by atoms with Crippen molar-refractivity contribution in [3.63, 3.8) is 0 Å². The predicted octanol–water partition coefficient (Wildman–Crippen LogP) is 1.48. The zero-order valence-electron chi connectivity index (χ0n) is 9.88. The van der Waals surface area contributed by atoms with Crippen molar-refractivity contribution >= 4 is 0 Å². The fourth-order valence-corrected chi connectivity index (χ4v) is 1.16. The molecule has 0 bridgehead atoms. The molecule has 0 spiro atoms. The number of aliphatic hydroxyl groups excluding tert-OH is 1. The molecule has 2 N–H and O–H groups in total. The van der Waals surface area contributed by atoms with Crippen LogP contribution in [0.5, 0.6) is 5.75 Å². The molecule has 1 unspecified atom stereocenters. The molecule has 0 fully saturated rings. The largest absolute Gasteiger partial charge is 0.488 e. The van der Waals surface area contributed by atoms with Crippen molar-refractivity contribution in [2.75, 3.05) is 20.3 Å². The van der Waals surface area contributed by atoms with Gasteiger partial charge in [-0.2, -0.15) is 0 Å². The van der Waals surface area contributed by atoms with Gasteiger partial charge in [0.25, 0.3) is 0 Å². The lowest BCUT2D eigenvalue weighted by atomic mass is 10.1. The van der Waals surface area contributed by atoms with Gasteiger partial charge in [-0.3, -0.25) is 0 Å². The van der Waals surface area contributed by atoms with Crippen LogP contribution in [0.15, 0.2) is 18.2 Å². The molecule has 1 rings (SSSR count). The second-order valence-corrected chi connectivity index (χ2v) is 4.19. The molecule has 0 radical (unpaired) electrons. The zero-order valence-corrected chi connectivity index (χ0v) is 9.88. The average Bonchev–Trinajstić information content (AvgIpc) is 2.30. The highest BCUT2D eigenvalue weighted by Crippen LogP contribution is 2.19. The third-order valence-electron chi connectivity index (χ3n) is 2.59. The summed E-state index contributed by atoms with van der Waals surface area (Å²) in [4.78, 5) is 0. The number of likely N-dealkylation sites (N-methyl/N-ethyl adjacent to an activating group) is 1. The minimum Gasteiger partial charge on any atom is -0.488 e. The molecule has 4 heteroatoms. The molecule has 0 saturated carbocycles. The van der Waals surface area contributed by atoms with Crippen LogP contribution in [0.25, 0.3) is 0 Å². The third kappa shape index (κ3) is 3.18. The number of aryl methyl sites for hydroxylation is 1. The molecule has 0 saturated heterocycles. The molecule has 3 nitrogen and oxygen atoms in total. The lowest BCUT2D eigenvalue weighted by molar-refractivity contribution is 0.120. The molecule has 1 aromatic carbocycles. The van der Waals surface area contributed by atoms with Crippen LogP contribution in [0.1, 0.15) is 12.5 Å². The maximum absolute atomic E-state index is 13.3. The van der Waals surface area contributed by atoms with Gasteiger partial charge in [0.15, 0.2) is 11.6 Å². The fraction of sp³-hybridized carbons (Fsp3) is 0.500. The second-order valence-electron chi connectivity index (χ2n) is 4.19. The first-order valence-corrected chi connectivity index (χ1v) is 5.19. The van der Waals surface area contributed by atoms with Crippen molar-refractivity contribution in [2.24, 2.45) is 0 Å². The van der Waals surface area contributed by atoms with Crippen LogP contribution in [-0.2, 0) is 0 Å². The van der Waals surface area contributed by atoms with Gasteiger partial charge in [0.1, 0.15) is 6.61 Å². The van der Waals surface area contributed by atoms with Crippen LogP contribution in [0.2, 0.25) is 0 Å². The van der Waals surface area contributed by atoms with E-state index in [1.807, 2.05) is 6.92 Å². The summed E-state index contributed by atoms with van der Waals surface area (Å²) < 4.78 is 18.7. The molecule has 0 aliphatic heterocycles. The Balaban J connectivity index is 2.70. The number of hydrogen-bond donors (Lipinski definition) is 2. The lowest BCUT2D eigenvalue weighted by Gasteiger charge is -2.26. The summed E-state index contributed by atoms with van der Waals surface area (Å²) >= 11 is 0. The maximum atomic E-state index is 13.3. The van der Waals surface area contributed by atoms with Crippen molar-refractivity contribution < 1.29 is 14.2 Å². The standard InChI is InChI=1S/C12H18FNO2/c1-9-4-5-10(13)11(6-9)16-8-12(2,7-15)14-3/h4-6,14-15H,7-8H2,1-3H3. The minimum atomic E-state index is -0.559. The van der Waals surface area contributed by atoms with E-state index >= 15 is 0 Å². The van der Waals surface area contributed by atoms with Crippen molar-refractivity contribution in [1.82, 2.24) is 5.32 Å². The number of aliphatic hydroxyl groups is 1. The number of halogens is 1. The molecule has 1 aromatic rings. The molecule has 0 aliphatic carbocycles. The summed E-state index contributed by atoms with van der Waals surface area (Å²) in [5.41, 5.74) is 0.377. The number of nitrogens with one attached hydrogen (secondary N) is 1. The Kier molecular flexibility index (Phi) is 4.26. The highest BCUT2D eigenvalue weighted by atomic mass is 19.1. The van der Waals surface area contributed by atoms with Gasteiger partial charge in [0, 0.05) is 0 Å². The number of ether oxygens (including phenoxy) is 1. The second kappa shape index (κ2) is 5.27. The van der Waals surface area contributed by atoms with Crippen molar-refractivity contribution in [3.05, 3.63) is 29.6 Å².